The lowest BCUT2D eigenvalue weighted by Gasteiger charge is -2.35. The van der Waals surface area contributed by atoms with Crippen LogP contribution in [0.1, 0.15) is 180 Å². The molecule has 0 fully saturated rings. The van der Waals surface area contributed by atoms with Crippen LogP contribution in [0.2, 0.25) is 0 Å². The number of amides is 2. The zero-order valence-electron chi connectivity index (χ0n) is 48.8. The van der Waals surface area contributed by atoms with E-state index in [-0.39, 0.29) is 11.8 Å². The number of hydrogen-bond donors (Lipinski definition) is 0. The summed E-state index contributed by atoms with van der Waals surface area (Å²) in [4.78, 5) is 49.7. The third-order valence-electron chi connectivity index (χ3n) is 17.1. The van der Waals surface area contributed by atoms with Gasteiger partial charge >= 0.3 is 0 Å². The van der Waals surface area contributed by atoms with Gasteiger partial charge in [-0.15, -0.1) is 22.7 Å². The van der Waals surface area contributed by atoms with E-state index in [9.17, 15) is 0 Å². The van der Waals surface area contributed by atoms with E-state index < -0.39 is 0 Å². The standard InChI is InChI=1S/C70H86N4O2S4/c1-7-13-17-19-21-27-43-71-67(61-41-39-57(77-61)51-35-37-55-63(45-51)79-59-33-25-23-31-53(59)73(55)47-49(11-5)29-15-9-3)65-66(69(71)75)68(72(70(65)76)44-28-22-20-18-14-8-2)62-42-40-58(78-62)52-36-38-56-64(46-52)80-60-34-26-24-32-54(60)74(56)48-50(12-6)30-16-10-4/h23-26,31-42,45-46,49-50H,7-22,27-30,43-44,47-48H2,1-6H3. The molecule has 0 saturated carbocycles. The number of benzene rings is 4. The molecule has 0 radical (unpaired) electrons. The molecule has 0 spiro atoms. The van der Waals surface area contributed by atoms with Crippen molar-refractivity contribution in [2.24, 2.45) is 11.8 Å². The summed E-state index contributed by atoms with van der Waals surface area (Å²) in [7, 11) is 0. The summed E-state index contributed by atoms with van der Waals surface area (Å²) in [5.74, 6) is 1.20. The van der Waals surface area contributed by atoms with Crippen molar-refractivity contribution >= 4 is 92.2 Å². The Bertz CT molecular complexity index is 2960. The molecule has 2 aromatic heterocycles. The lowest BCUT2D eigenvalue weighted by molar-refractivity contribution is -0.124. The fraction of sp³-hybridized carbons (Fsp3) is 0.457. The molecule has 80 heavy (non-hydrogen) atoms. The molecule has 0 aliphatic carbocycles. The summed E-state index contributed by atoms with van der Waals surface area (Å²) in [5.41, 5.74) is 10.3. The highest BCUT2D eigenvalue weighted by Gasteiger charge is 2.49. The molecule has 0 saturated heterocycles. The Hall–Kier alpha value is -5.00. The summed E-state index contributed by atoms with van der Waals surface area (Å²) in [6.07, 6.45) is 23.3. The van der Waals surface area contributed by atoms with Crippen LogP contribution in [0.25, 0.3) is 32.3 Å². The smallest absolute Gasteiger partial charge is 0.261 e. The summed E-state index contributed by atoms with van der Waals surface area (Å²) >= 11 is 7.19. The topological polar surface area (TPSA) is 47.1 Å². The molecule has 6 nitrogen and oxygen atoms in total. The van der Waals surface area contributed by atoms with Gasteiger partial charge in [0.25, 0.3) is 11.8 Å². The molecular formula is C70H86N4O2S4. The van der Waals surface area contributed by atoms with Gasteiger partial charge in [0.2, 0.25) is 0 Å². The first kappa shape index (κ1) is 58.2. The van der Waals surface area contributed by atoms with Crippen LogP contribution in [0.3, 0.4) is 0 Å². The first-order valence-electron chi connectivity index (χ1n) is 31.0. The van der Waals surface area contributed by atoms with Crippen molar-refractivity contribution in [1.82, 2.24) is 9.80 Å². The van der Waals surface area contributed by atoms with Gasteiger partial charge in [-0.3, -0.25) is 9.59 Å². The van der Waals surface area contributed by atoms with E-state index in [2.05, 4.69) is 161 Å². The number of para-hydroxylation sites is 2. The number of unbranched alkanes of at least 4 members (excludes halogenated alkanes) is 12. The maximum atomic E-state index is 15.6. The third kappa shape index (κ3) is 12.6. The predicted octanol–water partition coefficient (Wildman–Crippen LogP) is 21.3. The Morgan fingerprint density at radius 2 is 0.750 bits per heavy atom. The van der Waals surface area contributed by atoms with Crippen molar-refractivity contribution < 1.29 is 9.59 Å². The van der Waals surface area contributed by atoms with E-state index >= 15 is 9.59 Å². The Balaban J connectivity index is 1.01. The molecule has 4 aliphatic heterocycles. The van der Waals surface area contributed by atoms with E-state index in [1.54, 1.807) is 22.7 Å². The van der Waals surface area contributed by atoms with Crippen molar-refractivity contribution in [3.8, 4) is 20.9 Å². The van der Waals surface area contributed by atoms with Gasteiger partial charge in [-0.1, -0.05) is 204 Å². The zero-order chi connectivity index (χ0) is 55.5. The number of thiophene rings is 2. The minimum absolute atomic E-state index is 0.0243. The highest BCUT2D eigenvalue weighted by Crippen LogP contribution is 2.54. The second-order valence-electron chi connectivity index (χ2n) is 22.8. The van der Waals surface area contributed by atoms with Gasteiger partial charge in [-0.2, -0.15) is 0 Å². The van der Waals surface area contributed by atoms with Crippen LogP contribution in [-0.4, -0.2) is 47.8 Å². The Morgan fingerprint density at radius 3 is 1.16 bits per heavy atom. The molecule has 10 heteroatoms. The van der Waals surface area contributed by atoms with E-state index in [1.807, 2.05) is 33.3 Å². The molecule has 10 rings (SSSR count). The highest BCUT2D eigenvalue weighted by molar-refractivity contribution is 8.00. The van der Waals surface area contributed by atoms with Crippen molar-refractivity contribution in [2.45, 2.75) is 190 Å². The number of carbonyl (C=O) groups is 2. The molecule has 2 atom stereocenters. The monoisotopic (exact) mass is 1140 g/mol. The number of carbonyl (C=O) groups excluding carboxylic acids is 2. The average molecular weight is 1140 g/mol. The van der Waals surface area contributed by atoms with Crippen LogP contribution < -0.4 is 9.80 Å². The van der Waals surface area contributed by atoms with E-state index in [1.165, 1.54) is 143 Å². The van der Waals surface area contributed by atoms with Gasteiger partial charge in [0, 0.05) is 55.5 Å². The molecule has 6 aromatic rings. The van der Waals surface area contributed by atoms with Gasteiger partial charge in [-0.25, -0.2) is 0 Å². The summed E-state index contributed by atoms with van der Waals surface area (Å²) < 4.78 is 0. The van der Waals surface area contributed by atoms with Gasteiger partial charge in [0.05, 0.1) is 55.0 Å². The normalized spacial score (nSPS) is 15.5. The van der Waals surface area contributed by atoms with Crippen molar-refractivity contribution in [2.75, 3.05) is 36.0 Å². The van der Waals surface area contributed by atoms with Crippen LogP contribution in [0.4, 0.5) is 22.7 Å². The van der Waals surface area contributed by atoms with Crippen molar-refractivity contribution in [1.29, 1.82) is 0 Å². The van der Waals surface area contributed by atoms with Crippen molar-refractivity contribution in [3.63, 3.8) is 0 Å². The Morgan fingerprint density at radius 1 is 0.375 bits per heavy atom. The average Bonchev–Trinajstić information content (AvgIpc) is 4.45. The van der Waals surface area contributed by atoms with Crippen LogP contribution in [0.5, 0.6) is 0 Å². The summed E-state index contributed by atoms with van der Waals surface area (Å²) in [5, 5.41) is 0. The summed E-state index contributed by atoms with van der Waals surface area (Å²) in [6.45, 7) is 17.0. The van der Waals surface area contributed by atoms with E-state index in [0.29, 0.717) is 36.1 Å². The van der Waals surface area contributed by atoms with Crippen LogP contribution in [0.15, 0.2) is 140 Å². The third-order valence-corrected chi connectivity index (χ3v) is 21.6. The molecule has 0 bridgehead atoms. The number of anilines is 4. The second-order valence-corrected chi connectivity index (χ2v) is 27.1. The largest absolute Gasteiger partial charge is 0.339 e. The van der Waals surface area contributed by atoms with Gasteiger partial charge < -0.3 is 19.6 Å². The minimum Gasteiger partial charge on any atom is -0.339 e. The minimum atomic E-state index is -0.0243. The maximum absolute atomic E-state index is 15.6. The van der Waals surface area contributed by atoms with Crippen molar-refractivity contribution in [3.05, 3.63) is 130 Å². The molecule has 0 N–H and O–H groups in total. The van der Waals surface area contributed by atoms with Crippen LogP contribution in [0, 0.1) is 11.8 Å². The van der Waals surface area contributed by atoms with Gasteiger partial charge in [0.1, 0.15) is 0 Å². The molecule has 4 aliphatic rings. The van der Waals surface area contributed by atoms with Crippen LogP contribution in [-0.2, 0) is 9.59 Å². The lowest BCUT2D eigenvalue weighted by Crippen LogP contribution is -2.30. The maximum Gasteiger partial charge on any atom is 0.261 e. The number of rotatable bonds is 30. The second kappa shape index (κ2) is 27.8. The molecular weight excluding hydrogens is 1060 g/mol. The van der Waals surface area contributed by atoms with Crippen LogP contribution >= 0.6 is 46.2 Å². The SMILES string of the molecule is CCCCCCCCN1C(=O)C2=C(c3ccc(-c4ccc5c(c4)Sc4ccccc4N5CC(CC)CCCC)s3)N(CCCCCCCC)C(=O)C2=C1c1ccc(-c2ccc3c(c2)Sc2ccccc2N3CC(CC)CCCC)s1. The summed E-state index contributed by atoms with van der Waals surface area (Å²) in [6, 6.07) is 40.6. The van der Waals surface area contributed by atoms with Gasteiger partial charge in [-0.05, 0) is 121 Å². The molecule has 4 aromatic carbocycles. The quantitative estimate of drug-likeness (QED) is 0.0419. The lowest BCUT2D eigenvalue weighted by atomic mass is 9.98. The number of fused-ring (bicyclic) bond motifs is 5. The molecule has 6 heterocycles. The molecule has 2 unspecified atom stereocenters. The first-order valence-corrected chi connectivity index (χ1v) is 34.3. The molecule has 422 valence electrons. The molecule has 2 amide bonds. The Kier molecular flexibility index (Phi) is 20.3. The first-order chi connectivity index (χ1) is 39.3. The predicted molar refractivity (Wildman–Crippen MR) is 345 cm³/mol. The number of hydrogen-bond acceptors (Lipinski definition) is 8. The number of nitrogens with zero attached hydrogens (tertiary/aromatic N) is 4. The fourth-order valence-electron chi connectivity index (χ4n) is 12.4. The zero-order valence-corrected chi connectivity index (χ0v) is 52.0. The van der Waals surface area contributed by atoms with E-state index in [0.717, 1.165) is 82.5 Å². The Labute approximate surface area is 496 Å². The van der Waals surface area contributed by atoms with E-state index in [4.69, 9.17) is 0 Å². The fourth-order valence-corrected chi connectivity index (χ4v) is 16.8. The van der Waals surface area contributed by atoms with Gasteiger partial charge in [0.15, 0.2) is 0 Å². The highest BCUT2D eigenvalue weighted by atomic mass is 32.2.